The van der Waals surface area contributed by atoms with E-state index in [0.717, 1.165) is 57.6 Å². The molecule has 1 saturated heterocycles. The predicted octanol–water partition coefficient (Wildman–Crippen LogP) is 1.63. The number of likely N-dealkylation sites (tertiary alicyclic amines) is 1. The third-order valence-corrected chi connectivity index (χ3v) is 8.18. The Bertz CT molecular complexity index is 1470. The summed E-state index contributed by atoms with van der Waals surface area (Å²) in [5.74, 6) is 0.864. The second-order valence-corrected chi connectivity index (χ2v) is 12.1. The molecule has 2 heterocycles. The van der Waals surface area contributed by atoms with E-state index >= 15 is 0 Å². The van der Waals surface area contributed by atoms with E-state index in [1.807, 2.05) is 36.4 Å². The van der Waals surface area contributed by atoms with Gasteiger partial charge in [0.2, 0.25) is 12.7 Å². The van der Waals surface area contributed by atoms with Gasteiger partial charge in [0.05, 0.1) is 38.3 Å². The van der Waals surface area contributed by atoms with E-state index < -0.39 is 18.0 Å². The minimum atomic E-state index is -0.798. The topological polar surface area (TPSA) is 115 Å². The molecule has 1 fully saturated rings. The molecule has 10 nitrogen and oxygen atoms in total. The molecule has 0 bridgehead atoms. The molecule has 5 rings (SSSR count). The summed E-state index contributed by atoms with van der Waals surface area (Å²) < 4.78 is 17.7. The molecule has 3 atom stereocenters. The summed E-state index contributed by atoms with van der Waals surface area (Å²) in [5, 5.41) is 8.80. The summed E-state index contributed by atoms with van der Waals surface area (Å²) in [7, 11) is 2.19. The van der Waals surface area contributed by atoms with Crippen LogP contribution in [0.5, 0.6) is 11.5 Å². The van der Waals surface area contributed by atoms with Gasteiger partial charge in [0.1, 0.15) is 12.6 Å². The van der Waals surface area contributed by atoms with Crippen LogP contribution in [0.2, 0.25) is 0 Å². The van der Waals surface area contributed by atoms with Crippen molar-refractivity contribution in [1.82, 2.24) is 10.6 Å². The summed E-state index contributed by atoms with van der Waals surface area (Å²) in [4.78, 5) is 38.5. The number of esters is 1. The van der Waals surface area contributed by atoms with Gasteiger partial charge in [0.15, 0.2) is 11.5 Å². The van der Waals surface area contributed by atoms with Gasteiger partial charge in [0.25, 0.3) is 0 Å². The Balaban J connectivity index is 0.00000442. The monoisotopic (exact) mass is 778 g/mol. The number of hydrogen-bond donors (Lipinski definition) is 3. The van der Waals surface area contributed by atoms with E-state index in [1.165, 1.54) is 0 Å². The highest BCUT2D eigenvalue weighted by Crippen LogP contribution is 2.34. The summed E-state index contributed by atoms with van der Waals surface area (Å²) >= 11 is 3.44. The van der Waals surface area contributed by atoms with E-state index in [0.29, 0.717) is 17.7 Å². The number of carbonyl (C=O) groups excluding carboxylic acids is 3. The molecular weight excluding hydrogens is 743 g/mol. The first-order valence-electron chi connectivity index (χ1n) is 14.3. The van der Waals surface area contributed by atoms with Crippen molar-refractivity contribution >= 4 is 39.5 Å². The summed E-state index contributed by atoms with van der Waals surface area (Å²) in [6, 6.07) is 18.7. The van der Waals surface area contributed by atoms with Crippen molar-refractivity contribution in [3.63, 3.8) is 0 Å². The molecule has 3 amide bonds. The van der Waals surface area contributed by atoms with E-state index in [2.05, 4.69) is 45.0 Å². The maximum absolute atomic E-state index is 13.6. The lowest BCUT2D eigenvalue weighted by atomic mass is 10.0. The number of hydrogen-bond acceptors (Lipinski definition) is 6. The Hall–Kier alpha value is -3.36. The quantitative estimate of drug-likeness (QED) is 0.164. The van der Waals surface area contributed by atoms with Crippen molar-refractivity contribution in [1.29, 1.82) is 0 Å². The lowest BCUT2D eigenvalue weighted by Gasteiger charge is -2.30. The number of anilines is 1. The Kier molecular flexibility index (Phi) is 11.5. The first-order chi connectivity index (χ1) is 20.7. The lowest BCUT2D eigenvalue weighted by Crippen LogP contribution is -3.00. The maximum Gasteiger partial charge on any atom is 0.338 e. The SMILES string of the molecule is CCOC(=O)c1ccc(NC(=O)N[C@@H](Cc2ccc(Br)cc2)C(=O)N[C@H]2CC[N+](C)(Cc3ccc4c(c3)OCO4)C2)cc1.[I-]. The third-order valence-electron chi connectivity index (χ3n) is 7.66. The van der Waals surface area contributed by atoms with E-state index in [-0.39, 0.29) is 49.3 Å². The number of benzene rings is 3. The average Bonchev–Trinajstić information content (AvgIpc) is 3.60. The number of urea groups is 1. The number of fused-ring (bicyclic) bond motifs is 1. The molecule has 12 heteroatoms. The van der Waals surface area contributed by atoms with Crippen LogP contribution in [0.4, 0.5) is 10.5 Å². The highest BCUT2D eigenvalue weighted by Gasteiger charge is 2.37. The number of quaternary nitrogens is 1. The number of nitrogens with zero attached hydrogens (tertiary/aromatic N) is 1. The number of nitrogens with one attached hydrogen (secondary N) is 3. The zero-order valence-electron chi connectivity index (χ0n) is 24.6. The molecule has 3 aromatic carbocycles. The number of halogens is 2. The molecule has 2 aliphatic heterocycles. The van der Waals surface area contributed by atoms with E-state index in [1.54, 1.807) is 31.2 Å². The lowest BCUT2D eigenvalue weighted by molar-refractivity contribution is -0.911. The summed E-state index contributed by atoms with van der Waals surface area (Å²) in [6.45, 7) is 4.75. The molecule has 0 saturated carbocycles. The zero-order valence-corrected chi connectivity index (χ0v) is 28.4. The smallest absolute Gasteiger partial charge is 0.338 e. The van der Waals surface area contributed by atoms with Crippen LogP contribution in [-0.2, 0) is 22.5 Å². The number of rotatable bonds is 10. The minimum Gasteiger partial charge on any atom is -1.00 e. The van der Waals surface area contributed by atoms with Gasteiger partial charge in [-0.1, -0.05) is 28.1 Å². The molecule has 0 aromatic heterocycles. The highest BCUT2D eigenvalue weighted by molar-refractivity contribution is 9.10. The van der Waals surface area contributed by atoms with Gasteiger partial charge in [-0.25, -0.2) is 9.59 Å². The fourth-order valence-corrected chi connectivity index (χ4v) is 5.78. The first-order valence-corrected chi connectivity index (χ1v) is 15.1. The van der Waals surface area contributed by atoms with Crippen LogP contribution in [0.15, 0.2) is 71.2 Å². The van der Waals surface area contributed by atoms with Crippen molar-refractivity contribution in [3.8, 4) is 11.5 Å². The second-order valence-electron chi connectivity index (χ2n) is 11.1. The first kappa shape index (κ1) is 33.5. The Morgan fingerprint density at radius 1 is 1.00 bits per heavy atom. The van der Waals surface area contributed by atoms with Gasteiger partial charge in [-0.15, -0.1) is 0 Å². The van der Waals surface area contributed by atoms with Crippen molar-refractivity contribution in [3.05, 3.63) is 87.9 Å². The van der Waals surface area contributed by atoms with Gasteiger partial charge in [-0.2, -0.15) is 0 Å². The van der Waals surface area contributed by atoms with Crippen molar-refractivity contribution in [2.24, 2.45) is 0 Å². The minimum absolute atomic E-state index is 0. The fourth-order valence-electron chi connectivity index (χ4n) is 5.52. The zero-order chi connectivity index (χ0) is 30.4. The highest BCUT2D eigenvalue weighted by atomic mass is 127. The number of likely N-dealkylation sites (N-methyl/N-ethyl adjacent to an activating group) is 1. The molecule has 3 N–H and O–H groups in total. The van der Waals surface area contributed by atoms with Gasteiger partial charge in [-0.05, 0) is 67.1 Å². The molecule has 0 aliphatic carbocycles. The predicted molar refractivity (Wildman–Crippen MR) is 165 cm³/mol. The standard InChI is InChI=1S/C32H35BrN4O6.HI/c1-3-41-31(39)23-7-11-25(12-8-23)35-32(40)36-27(16-21-4-9-24(33)10-5-21)30(38)34-26-14-15-37(2,19-26)18-22-6-13-28-29(17-22)43-20-42-28;/h4-13,17,26-27H,3,14-16,18-20H2,1-2H3,(H2-,34,35,36,38,39,40);1H/t26-,27-,37?;/m0./s1. The van der Waals surface area contributed by atoms with E-state index in [4.69, 9.17) is 14.2 Å². The van der Waals surface area contributed by atoms with Crippen LogP contribution >= 0.6 is 15.9 Å². The normalized spacial score (nSPS) is 18.9. The van der Waals surface area contributed by atoms with Gasteiger partial charge in [-0.3, -0.25) is 4.79 Å². The van der Waals surface area contributed by atoms with Gasteiger partial charge < -0.3 is 58.6 Å². The number of amides is 3. The number of carbonyl (C=O) groups is 3. The molecule has 234 valence electrons. The summed E-state index contributed by atoms with van der Waals surface area (Å²) in [5.41, 5.74) is 2.94. The molecule has 0 radical (unpaired) electrons. The number of ether oxygens (including phenoxy) is 3. The molecule has 1 unspecified atom stereocenters. The maximum atomic E-state index is 13.6. The molecule has 2 aliphatic rings. The molecule has 0 spiro atoms. The van der Waals surface area contributed by atoms with Crippen LogP contribution in [0.1, 0.15) is 34.8 Å². The molecule has 3 aromatic rings. The average molecular weight is 779 g/mol. The Morgan fingerprint density at radius 3 is 2.43 bits per heavy atom. The third kappa shape index (κ3) is 8.85. The van der Waals surface area contributed by atoms with Gasteiger partial charge in [0, 0.05) is 28.6 Å². The fraction of sp³-hybridized carbons (Fsp3) is 0.344. The van der Waals surface area contributed by atoms with E-state index in [9.17, 15) is 14.4 Å². The van der Waals surface area contributed by atoms with Crippen LogP contribution in [-0.4, -0.2) is 68.0 Å². The van der Waals surface area contributed by atoms with Crippen molar-refractivity contribution < 1.29 is 57.1 Å². The molecular formula is C32H36BrIN4O6. The summed E-state index contributed by atoms with van der Waals surface area (Å²) in [6.07, 6.45) is 1.15. The Labute approximate surface area is 282 Å². The second kappa shape index (κ2) is 15.1. The van der Waals surface area contributed by atoms with Crippen molar-refractivity contribution in [2.45, 2.75) is 38.4 Å². The van der Waals surface area contributed by atoms with Crippen LogP contribution in [0, 0.1) is 0 Å². The van der Waals surface area contributed by atoms with Crippen LogP contribution < -0.4 is 49.4 Å². The van der Waals surface area contributed by atoms with Crippen LogP contribution in [0.25, 0.3) is 0 Å². The van der Waals surface area contributed by atoms with Crippen LogP contribution in [0.3, 0.4) is 0 Å². The van der Waals surface area contributed by atoms with Gasteiger partial charge >= 0.3 is 12.0 Å². The molecule has 44 heavy (non-hydrogen) atoms. The van der Waals surface area contributed by atoms with Crippen molar-refractivity contribution in [2.75, 3.05) is 38.9 Å². The Morgan fingerprint density at radius 2 is 1.70 bits per heavy atom. The largest absolute Gasteiger partial charge is 1.00 e.